The van der Waals surface area contributed by atoms with Crippen molar-refractivity contribution in [1.82, 2.24) is 0 Å². The van der Waals surface area contributed by atoms with Crippen LogP contribution in [0.2, 0.25) is 0 Å². The van der Waals surface area contributed by atoms with Gasteiger partial charge in [0.05, 0.1) is 0 Å². The first-order valence-electron chi connectivity index (χ1n) is 4.80. The van der Waals surface area contributed by atoms with Crippen LogP contribution in [0.1, 0.15) is 53.9 Å². The van der Waals surface area contributed by atoms with Crippen LogP contribution in [-0.2, 0) is 0 Å². The van der Waals surface area contributed by atoms with Gasteiger partial charge in [-0.1, -0.05) is 22.8 Å². The molecule has 0 atom stereocenters. The molecule has 0 spiro atoms. The quantitative estimate of drug-likeness (QED) is 0.426. The molecule has 0 amide bonds. The predicted molar refractivity (Wildman–Crippen MR) is 57.3 cm³/mol. The maximum absolute atomic E-state index is 2.32. The average Bonchev–Trinajstić information content (AvgIpc) is 1.97. The fourth-order valence-electron chi connectivity index (χ4n) is 1.01. The summed E-state index contributed by atoms with van der Waals surface area (Å²) >= 11 is 0. The smallest absolute Gasteiger partial charge is 0.0318 e. The second kappa shape index (κ2) is 6.05. The average molecular weight is 166 g/mol. The third kappa shape index (κ3) is 6.21. The summed E-state index contributed by atoms with van der Waals surface area (Å²) in [5.74, 6) is 0. The van der Waals surface area contributed by atoms with Gasteiger partial charge >= 0.3 is 0 Å². The summed E-state index contributed by atoms with van der Waals surface area (Å²) in [5, 5.41) is 0. The van der Waals surface area contributed by atoms with Crippen molar-refractivity contribution in [3.8, 4) is 0 Å². The van der Waals surface area contributed by atoms with Crippen molar-refractivity contribution < 1.29 is 0 Å². The highest BCUT2D eigenvalue weighted by atomic mass is 14.0. The minimum absolute atomic E-state index is 1.23. The SMILES string of the molecule is CC(C)=CCCCC(C)=C(C)C. The van der Waals surface area contributed by atoms with Crippen molar-refractivity contribution in [3.05, 3.63) is 22.8 Å². The molecule has 0 nitrogen and oxygen atoms in total. The molecule has 0 unspecified atom stereocenters. The van der Waals surface area contributed by atoms with Crippen molar-refractivity contribution in [2.45, 2.75) is 53.9 Å². The van der Waals surface area contributed by atoms with Crippen LogP contribution in [0.5, 0.6) is 0 Å². The van der Waals surface area contributed by atoms with Gasteiger partial charge in [-0.2, -0.15) is 0 Å². The molecule has 0 radical (unpaired) electrons. The summed E-state index contributed by atoms with van der Waals surface area (Å²) in [7, 11) is 0. The fourth-order valence-corrected chi connectivity index (χ4v) is 1.01. The third-order valence-corrected chi connectivity index (χ3v) is 2.16. The van der Waals surface area contributed by atoms with E-state index in [1.54, 1.807) is 5.57 Å². The molecular weight excluding hydrogens is 144 g/mol. The highest BCUT2D eigenvalue weighted by Crippen LogP contribution is 2.11. The highest BCUT2D eigenvalue weighted by Gasteiger charge is 1.91. The molecule has 0 rings (SSSR count). The zero-order valence-electron chi connectivity index (χ0n) is 9.20. The lowest BCUT2D eigenvalue weighted by molar-refractivity contribution is 0.819. The van der Waals surface area contributed by atoms with Gasteiger partial charge in [-0.15, -0.1) is 0 Å². The van der Waals surface area contributed by atoms with Crippen molar-refractivity contribution in [2.24, 2.45) is 0 Å². The molecule has 0 fully saturated rings. The van der Waals surface area contributed by atoms with Crippen LogP contribution in [0, 0.1) is 0 Å². The van der Waals surface area contributed by atoms with Gasteiger partial charge in [-0.3, -0.25) is 0 Å². The van der Waals surface area contributed by atoms with Gasteiger partial charge in [0.25, 0.3) is 0 Å². The summed E-state index contributed by atoms with van der Waals surface area (Å²) in [6.07, 6.45) is 6.10. The third-order valence-electron chi connectivity index (χ3n) is 2.16. The van der Waals surface area contributed by atoms with E-state index in [-0.39, 0.29) is 0 Å². The van der Waals surface area contributed by atoms with Gasteiger partial charge in [0.15, 0.2) is 0 Å². The van der Waals surface area contributed by atoms with E-state index in [2.05, 4.69) is 40.7 Å². The Morgan fingerprint density at radius 1 is 1.00 bits per heavy atom. The van der Waals surface area contributed by atoms with E-state index in [1.165, 1.54) is 30.4 Å². The second-order valence-corrected chi connectivity index (χ2v) is 3.95. The Morgan fingerprint density at radius 3 is 2.00 bits per heavy atom. The summed E-state index contributed by atoms with van der Waals surface area (Å²) in [6.45, 7) is 10.9. The van der Waals surface area contributed by atoms with Gasteiger partial charge in [0.2, 0.25) is 0 Å². The van der Waals surface area contributed by atoms with Crippen LogP contribution in [0.4, 0.5) is 0 Å². The Kier molecular flexibility index (Phi) is 5.79. The van der Waals surface area contributed by atoms with Crippen LogP contribution >= 0.6 is 0 Å². The lowest BCUT2D eigenvalue weighted by atomic mass is 10.1. The van der Waals surface area contributed by atoms with Crippen molar-refractivity contribution in [2.75, 3.05) is 0 Å². The minimum atomic E-state index is 1.23. The number of allylic oxidation sites excluding steroid dienone is 4. The van der Waals surface area contributed by atoms with Crippen LogP contribution < -0.4 is 0 Å². The normalized spacial score (nSPS) is 9.42. The number of hydrogen-bond donors (Lipinski definition) is 0. The van der Waals surface area contributed by atoms with E-state index in [0.29, 0.717) is 0 Å². The predicted octanol–water partition coefficient (Wildman–Crippen LogP) is 4.48. The standard InChI is InChI=1S/C12H22/c1-10(2)8-6-7-9-12(5)11(3)4/h8H,6-7,9H2,1-5H3. The summed E-state index contributed by atoms with van der Waals surface area (Å²) in [6, 6.07) is 0. The second-order valence-electron chi connectivity index (χ2n) is 3.95. The number of rotatable bonds is 4. The molecule has 0 heteroatoms. The lowest BCUT2D eigenvalue weighted by Crippen LogP contribution is -1.81. The van der Waals surface area contributed by atoms with Crippen LogP contribution in [-0.4, -0.2) is 0 Å². The maximum atomic E-state index is 2.32. The van der Waals surface area contributed by atoms with E-state index in [1.807, 2.05) is 0 Å². The Bertz CT molecular complexity index is 174. The molecule has 0 saturated carbocycles. The van der Waals surface area contributed by atoms with Gasteiger partial charge in [-0.05, 0) is 53.9 Å². The molecule has 0 N–H and O–H groups in total. The zero-order chi connectivity index (χ0) is 9.56. The fraction of sp³-hybridized carbons (Fsp3) is 0.667. The monoisotopic (exact) mass is 166 g/mol. The molecule has 0 bridgehead atoms. The van der Waals surface area contributed by atoms with Gasteiger partial charge in [-0.25, -0.2) is 0 Å². The summed E-state index contributed by atoms with van der Waals surface area (Å²) < 4.78 is 0. The van der Waals surface area contributed by atoms with E-state index < -0.39 is 0 Å². The van der Waals surface area contributed by atoms with Crippen LogP contribution in [0.3, 0.4) is 0 Å². The molecule has 0 aliphatic carbocycles. The van der Waals surface area contributed by atoms with Crippen molar-refractivity contribution in [1.29, 1.82) is 0 Å². The lowest BCUT2D eigenvalue weighted by Gasteiger charge is -2.01. The summed E-state index contributed by atoms with van der Waals surface area (Å²) in [5.41, 5.74) is 4.47. The van der Waals surface area contributed by atoms with Crippen molar-refractivity contribution >= 4 is 0 Å². The number of unbranched alkanes of at least 4 members (excludes halogenated alkanes) is 1. The molecule has 0 heterocycles. The van der Waals surface area contributed by atoms with E-state index in [0.717, 1.165) is 0 Å². The Labute approximate surface area is 77.4 Å². The first-order chi connectivity index (χ1) is 5.54. The van der Waals surface area contributed by atoms with Gasteiger partial charge < -0.3 is 0 Å². The largest absolute Gasteiger partial charge is 0.0859 e. The van der Waals surface area contributed by atoms with Crippen LogP contribution in [0.25, 0.3) is 0 Å². The first kappa shape index (κ1) is 11.5. The highest BCUT2D eigenvalue weighted by molar-refractivity contribution is 5.06. The molecule has 0 aromatic rings. The Hall–Kier alpha value is -0.520. The maximum Gasteiger partial charge on any atom is -0.0318 e. The molecular formula is C12H22. The molecule has 12 heavy (non-hydrogen) atoms. The van der Waals surface area contributed by atoms with Crippen LogP contribution in [0.15, 0.2) is 22.8 Å². The zero-order valence-corrected chi connectivity index (χ0v) is 9.20. The van der Waals surface area contributed by atoms with Crippen molar-refractivity contribution in [3.63, 3.8) is 0 Å². The Morgan fingerprint density at radius 2 is 1.58 bits per heavy atom. The molecule has 0 saturated heterocycles. The molecule has 0 aliphatic heterocycles. The molecule has 0 aromatic heterocycles. The number of hydrogen-bond acceptors (Lipinski definition) is 0. The van der Waals surface area contributed by atoms with E-state index >= 15 is 0 Å². The molecule has 0 aliphatic rings. The van der Waals surface area contributed by atoms with Gasteiger partial charge in [0.1, 0.15) is 0 Å². The molecule has 70 valence electrons. The minimum Gasteiger partial charge on any atom is -0.0859 e. The molecule has 0 aromatic carbocycles. The topological polar surface area (TPSA) is 0 Å². The Balaban J connectivity index is 3.59. The van der Waals surface area contributed by atoms with Gasteiger partial charge in [0, 0.05) is 0 Å². The first-order valence-corrected chi connectivity index (χ1v) is 4.80. The van der Waals surface area contributed by atoms with E-state index in [4.69, 9.17) is 0 Å². The summed E-state index contributed by atoms with van der Waals surface area (Å²) in [4.78, 5) is 0. The van der Waals surface area contributed by atoms with E-state index in [9.17, 15) is 0 Å².